The Morgan fingerprint density at radius 3 is 1.80 bits per heavy atom. The Morgan fingerprint density at radius 2 is 1.28 bits per heavy atom. The van der Waals surface area contributed by atoms with Crippen molar-refractivity contribution in [1.29, 1.82) is 0 Å². The van der Waals surface area contributed by atoms with Gasteiger partial charge in [-0.05, 0) is 24.1 Å². The molecule has 1 N–H and O–H groups in total. The number of aromatic nitrogens is 1. The van der Waals surface area contributed by atoms with Gasteiger partial charge in [0.15, 0.2) is 0 Å². The molecular weight excluding hydrogens is 308 g/mol. The predicted molar refractivity (Wildman–Crippen MR) is 106 cm³/mol. The lowest BCUT2D eigenvalue weighted by Crippen LogP contribution is -2.22. The first-order chi connectivity index (χ1) is 12.3. The van der Waals surface area contributed by atoms with Gasteiger partial charge in [0.25, 0.3) is 0 Å². The van der Waals surface area contributed by atoms with E-state index >= 15 is 0 Å². The molecule has 0 saturated carbocycles. The molecule has 1 amide bonds. The molecule has 0 atom stereocenters. The largest absolute Gasteiger partial charge is 0.352 e. The number of unbranched alkanes of at least 4 members (excludes halogenated alkanes) is 12. The molecule has 0 aliphatic rings. The second-order valence-corrected chi connectivity index (χ2v) is 7.12. The van der Waals surface area contributed by atoms with Crippen molar-refractivity contribution in [2.45, 2.75) is 103 Å². The van der Waals surface area contributed by atoms with E-state index in [1.165, 1.54) is 77.0 Å². The Bertz CT molecular complexity index is 419. The summed E-state index contributed by atoms with van der Waals surface area (Å²) >= 11 is 0. The zero-order chi connectivity index (χ0) is 18.0. The third-order valence-corrected chi connectivity index (χ3v) is 4.75. The summed E-state index contributed by atoms with van der Waals surface area (Å²) in [6.07, 6.45) is 21.6. The molecule has 1 aromatic heterocycles. The number of rotatable bonds is 16. The standard InChI is InChI=1S/C22H38N2O/c1-2-3-4-5-6-7-8-9-10-11-12-13-14-15-22(25)24-20-21-16-18-23-19-17-21/h16-19H,2-15,20H2,1H3,(H,24,25). The number of amides is 1. The highest BCUT2D eigenvalue weighted by Gasteiger charge is 2.01. The third-order valence-electron chi connectivity index (χ3n) is 4.75. The summed E-state index contributed by atoms with van der Waals surface area (Å²) in [6, 6.07) is 3.87. The van der Waals surface area contributed by atoms with Crippen molar-refractivity contribution in [1.82, 2.24) is 10.3 Å². The van der Waals surface area contributed by atoms with Gasteiger partial charge in [-0.2, -0.15) is 0 Å². The van der Waals surface area contributed by atoms with E-state index in [2.05, 4.69) is 17.2 Å². The molecule has 142 valence electrons. The maximum Gasteiger partial charge on any atom is 0.220 e. The molecule has 1 heterocycles. The minimum atomic E-state index is 0.167. The fraction of sp³-hybridized carbons (Fsp3) is 0.727. The maximum atomic E-state index is 11.8. The van der Waals surface area contributed by atoms with Crippen molar-refractivity contribution in [3.05, 3.63) is 30.1 Å². The van der Waals surface area contributed by atoms with Crippen LogP contribution >= 0.6 is 0 Å². The molecule has 0 aromatic carbocycles. The van der Waals surface area contributed by atoms with Crippen molar-refractivity contribution in [2.75, 3.05) is 0 Å². The van der Waals surface area contributed by atoms with Crippen LogP contribution in [0.4, 0.5) is 0 Å². The zero-order valence-electron chi connectivity index (χ0n) is 16.3. The minimum Gasteiger partial charge on any atom is -0.352 e. The molecule has 1 rings (SSSR count). The zero-order valence-corrected chi connectivity index (χ0v) is 16.3. The number of carbonyl (C=O) groups excluding carboxylic acids is 1. The summed E-state index contributed by atoms with van der Waals surface area (Å²) in [5, 5.41) is 2.98. The number of nitrogens with one attached hydrogen (secondary N) is 1. The Labute approximate surface area is 155 Å². The molecule has 3 heteroatoms. The highest BCUT2D eigenvalue weighted by Crippen LogP contribution is 2.12. The van der Waals surface area contributed by atoms with Gasteiger partial charge in [0, 0.05) is 25.4 Å². The Kier molecular flexibility index (Phi) is 14.0. The van der Waals surface area contributed by atoms with Gasteiger partial charge in [0.1, 0.15) is 0 Å². The van der Waals surface area contributed by atoms with Gasteiger partial charge >= 0.3 is 0 Å². The molecule has 0 aliphatic carbocycles. The average molecular weight is 347 g/mol. The van der Waals surface area contributed by atoms with Gasteiger partial charge in [-0.15, -0.1) is 0 Å². The summed E-state index contributed by atoms with van der Waals surface area (Å²) in [5.74, 6) is 0.167. The number of pyridine rings is 1. The fourth-order valence-corrected chi connectivity index (χ4v) is 3.09. The summed E-state index contributed by atoms with van der Waals surface area (Å²) in [7, 11) is 0. The number of carbonyl (C=O) groups is 1. The topological polar surface area (TPSA) is 42.0 Å². The summed E-state index contributed by atoms with van der Waals surface area (Å²) in [6.45, 7) is 2.88. The first-order valence-corrected chi connectivity index (χ1v) is 10.5. The molecule has 0 saturated heterocycles. The minimum absolute atomic E-state index is 0.167. The van der Waals surface area contributed by atoms with Gasteiger partial charge in [0.05, 0.1) is 0 Å². The number of nitrogens with zero attached hydrogens (tertiary/aromatic N) is 1. The van der Waals surface area contributed by atoms with Crippen LogP contribution in [0.15, 0.2) is 24.5 Å². The molecule has 0 unspecified atom stereocenters. The SMILES string of the molecule is CCCCCCCCCCCCCCCC(=O)NCc1ccncc1. The predicted octanol–water partition coefficient (Wildman–Crippen LogP) is 6.18. The van der Waals surface area contributed by atoms with Crippen molar-refractivity contribution in [3.63, 3.8) is 0 Å². The second-order valence-electron chi connectivity index (χ2n) is 7.12. The van der Waals surface area contributed by atoms with Crippen LogP contribution in [-0.2, 0) is 11.3 Å². The summed E-state index contributed by atoms with van der Waals surface area (Å²) < 4.78 is 0. The maximum absolute atomic E-state index is 11.8. The molecule has 1 aromatic rings. The molecule has 0 fully saturated rings. The van der Waals surface area contributed by atoms with Gasteiger partial charge in [-0.25, -0.2) is 0 Å². The third kappa shape index (κ3) is 13.6. The first-order valence-electron chi connectivity index (χ1n) is 10.5. The average Bonchev–Trinajstić information content (AvgIpc) is 2.64. The van der Waals surface area contributed by atoms with Gasteiger partial charge in [-0.3, -0.25) is 9.78 Å². The summed E-state index contributed by atoms with van der Waals surface area (Å²) in [4.78, 5) is 15.8. The Morgan fingerprint density at radius 1 is 0.800 bits per heavy atom. The number of hydrogen-bond donors (Lipinski definition) is 1. The van der Waals surface area contributed by atoms with E-state index in [9.17, 15) is 4.79 Å². The van der Waals surface area contributed by atoms with Crippen LogP contribution in [0, 0.1) is 0 Å². The van der Waals surface area contributed by atoms with E-state index < -0.39 is 0 Å². The Balaban J connectivity index is 1.80. The fourth-order valence-electron chi connectivity index (χ4n) is 3.09. The summed E-state index contributed by atoms with van der Waals surface area (Å²) in [5.41, 5.74) is 1.11. The lowest BCUT2D eigenvalue weighted by atomic mass is 10.0. The van der Waals surface area contributed by atoms with Gasteiger partial charge in [-0.1, -0.05) is 84.0 Å². The van der Waals surface area contributed by atoms with Crippen LogP contribution in [0.25, 0.3) is 0 Å². The highest BCUT2D eigenvalue weighted by molar-refractivity contribution is 5.75. The van der Waals surface area contributed by atoms with Crippen LogP contribution in [0.1, 0.15) is 102 Å². The van der Waals surface area contributed by atoms with Crippen molar-refractivity contribution in [3.8, 4) is 0 Å². The highest BCUT2D eigenvalue weighted by atomic mass is 16.1. The molecule has 0 spiro atoms. The van der Waals surface area contributed by atoms with E-state index in [0.717, 1.165) is 12.0 Å². The lowest BCUT2D eigenvalue weighted by molar-refractivity contribution is -0.121. The first kappa shape index (κ1) is 21.7. The van der Waals surface area contributed by atoms with E-state index in [1.54, 1.807) is 12.4 Å². The van der Waals surface area contributed by atoms with Crippen LogP contribution in [-0.4, -0.2) is 10.9 Å². The lowest BCUT2D eigenvalue weighted by Gasteiger charge is -2.05. The Hall–Kier alpha value is -1.38. The second kappa shape index (κ2) is 16.1. The van der Waals surface area contributed by atoms with E-state index in [4.69, 9.17) is 0 Å². The molecule has 0 aliphatic heterocycles. The molecule has 3 nitrogen and oxygen atoms in total. The smallest absolute Gasteiger partial charge is 0.220 e. The normalized spacial score (nSPS) is 10.8. The molecular formula is C22H38N2O. The molecule has 0 bridgehead atoms. The van der Waals surface area contributed by atoms with E-state index in [-0.39, 0.29) is 5.91 Å². The van der Waals surface area contributed by atoms with Crippen LogP contribution in [0.2, 0.25) is 0 Å². The van der Waals surface area contributed by atoms with Crippen LogP contribution in [0.3, 0.4) is 0 Å². The molecule has 0 radical (unpaired) electrons. The van der Waals surface area contributed by atoms with E-state index in [0.29, 0.717) is 13.0 Å². The van der Waals surface area contributed by atoms with Gasteiger partial charge in [0.2, 0.25) is 5.91 Å². The van der Waals surface area contributed by atoms with E-state index in [1.807, 2.05) is 12.1 Å². The van der Waals surface area contributed by atoms with Gasteiger partial charge < -0.3 is 5.32 Å². The monoisotopic (exact) mass is 346 g/mol. The van der Waals surface area contributed by atoms with Crippen LogP contribution in [0.5, 0.6) is 0 Å². The van der Waals surface area contributed by atoms with Crippen LogP contribution < -0.4 is 5.32 Å². The van der Waals surface area contributed by atoms with Crippen molar-refractivity contribution in [2.24, 2.45) is 0 Å². The quantitative estimate of drug-likeness (QED) is 0.363. The van der Waals surface area contributed by atoms with Crippen molar-refractivity contribution >= 4 is 5.91 Å². The number of hydrogen-bond acceptors (Lipinski definition) is 2. The van der Waals surface area contributed by atoms with Crippen molar-refractivity contribution < 1.29 is 4.79 Å². The molecule has 25 heavy (non-hydrogen) atoms.